The Balaban J connectivity index is 2.08. The molecule has 2 N–H and O–H groups in total. The lowest BCUT2D eigenvalue weighted by Crippen LogP contribution is -2.36. The third-order valence-corrected chi connectivity index (χ3v) is 5.23. The van der Waals surface area contributed by atoms with Crippen molar-refractivity contribution in [3.8, 4) is 0 Å². The summed E-state index contributed by atoms with van der Waals surface area (Å²) in [6.07, 6.45) is 8.17. The third-order valence-electron chi connectivity index (χ3n) is 3.68. The number of nitrogens with zero attached hydrogens (tertiary/aromatic N) is 1. The van der Waals surface area contributed by atoms with Crippen LogP contribution in [0.1, 0.15) is 46.0 Å². The minimum Gasteiger partial charge on any atom is -0.361 e. The minimum atomic E-state index is -3.57. The van der Waals surface area contributed by atoms with E-state index in [1.165, 1.54) is 12.6 Å². The van der Waals surface area contributed by atoms with Gasteiger partial charge in [-0.15, -0.1) is 0 Å². The molecule has 1 aliphatic rings. The molecule has 0 unspecified atom stereocenters. The first-order chi connectivity index (χ1) is 10.5. The molecule has 1 saturated carbocycles. The molecule has 0 bridgehead atoms. The summed E-state index contributed by atoms with van der Waals surface area (Å²) in [6.45, 7) is 4.11. The summed E-state index contributed by atoms with van der Waals surface area (Å²) in [5.41, 5.74) is 0.513. The van der Waals surface area contributed by atoms with Crippen molar-refractivity contribution in [1.29, 1.82) is 0 Å². The molecule has 1 heterocycles. The van der Waals surface area contributed by atoms with Gasteiger partial charge in [0.25, 0.3) is 0 Å². The van der Waals surface area contributed by atoms with Gasteiger partial charge in [0.1, 0.15) is 11.6 Å². The van der Waals surface area contributed by atoms with Crippen molar-refractivity contribution in [3.63, 3.8) is 0 Å². The van der Waals surface area contributed by atoms with Crippen molar-refractivity contribution in [2.24, 2.45) is 0 Å². The fourth-order valence-corrected chi connectivity index (χ4v) is 3.96. The number of pyridine rings is 1. The number of aromatic nitrogens is 1. The van der Waals surface area contributed by atoms with Crippen LogP contribution < -0.4 is 10.0 Å². The molecule has 6 nitrogen and oxygen atoms in total. The Labute approximate surface area is 132 Å². The maximum absolute atomic E-state index is 12.6. The van der Waals surface area contributed by atoms with Crippen molar-refractivity contribution in [3.05, 3.63) is 18.5 Å². The van der Waals surface area contributed by atoms with Crippen LogP contribution in [-0.2, 0) is 14.8 Å². The summed E-state index contributed by atoms with van der Waals surface area (Å²) in [5.74, 6) is 0. The van der Waals surface area contributed by atoms with Crippen LogP contribution in [0.3, 0.4) is 0 Å². The van der Waals surface area contributed by atoms with Crippen LogP contribution in [0.4, 0.5) is 5.69 Å². The van der Waals surface area contributed by atoms with Gasteiger partial charge >= 0.3 is 0 Å². The van der Waals surface area contributed by atoms with Crippen LogP contribution in [0.5, 0.6) is 0 Å². The molecule has 7 heteroatoms. The Kier molecular flexibility index (Phi) is 6.16. The van der Waals surface area contributed by atoms with Crippen molar-refractivity contribution in [2.45, 2.75) is 63.0 Å². The van der Waals surface area contributed by atoms with Gasteiger partial charge in [0, 0.05) is 18.4 Å². The fraction of sp³-hybridized carbons (Fsp3) is 0.667. The SMILES string of the molecule is CC(C)OCNc1ccncc1S(=O)(=O)NC1CCCCC1. The van der Waals surface area contributed by atoms with Gasteiger partial charge in [-0.2, -0.15) is 0 Å². The average Bonchev–Trinajstić information content (AvgIpc) is 2.48. The first-order valence-corrected chi connectivity index (χ1v) is 9.29. The van der Waals surface area contributed by atoms with Gasteiger partial charge in [0.05, 0.1) is 11.8 Å². The molecule has 22 heavy (non-hydrogen) atoms. The molecule has 2 rings (SSSR count). The first-order valence-electron chi connectivity index (χ1n) is 7.81. The van der Waals surface area contributed by atoms with Crippen LogP contribution >= 0.6 is 0 Å². The van der Waals surface area contributed by atoms with E-state index in [1.54, 1.807) is 12.3 Å². The monoisotopic (exact) mass is 327 g/mol. The number of rotatable bonds is 7. The minimum absolute atomic E-state index is 0.0266. The quantitative estimate of drug-likeness (QED) is 0.752. The smallest absolute Gasteiger partial charge is 0.244 e. The Morgan fingerprint density at radius 1 is 1.32 bits per heavy atom. The van der Waals surface area contributed by atoms with Crippen LogP contribution in [0.15, 0.2) is 23.4 Å². The van der Waals surface area contributed by atoms with E-state index >= 15 is 0 Å². The van der Waals surface area contributed by atoms with E-state index < -0.39 is 10.0 Å². The molecule has 1 aliphatic carbocycles. The highest BCUT2D eigenvalue weighted by molar-refractivity contribution is 7.89. The molecular formula is C15H25N3O3S. The predicted octanol–water partition coefficient (Wildman–Crippen LogP) is 2.49. The summed E-state index contributed by atoms with van der Waals surface area (Å²) in [4.78, 5) is 4.12. The van der Waals surface area contributed by atoms with Gasteiger partial charge in [-0.05, 0) is 32.8 Å². The molecule has 0 saturated heterocycles. The first kappa shape index (κ1) is 17.2. The van der Waals surface area contributed by atoms with Crippen molar-refractivity contribution < 1.29 is 13.2 Å². The molecular weight excluding hydrogens is 302 g/mol. The van der Waals surface area contributed by atoms with Gasteiger partial charge < -0.3 is 10.1 Å². The fourth-order valence-electron chi connectivity index (χ4n) is 2.53. The highest BCUT2D eigenvalue weighted by Gasteiger charge is 2.24. The second kappa shape index (κ2) is 7.89. The number of hydrogen-bond donors (Lipinski definition) is 2. The highest BCUT2D eigenvalue weighted by atomic mass is 32.2. The summed E-state index contributed by atoms with van der Waals surface area (Å²) < 4.78 is 33.4. The topological polar surface area (TPSA) is 80.3 Å². The molecule has 1 fully saturated rings. The molecule has 0 radical (unpaired) electrons. The highest BCUT2D eigenvalue weighted by Crippen LogP contribution is 2.23. The van der Waals surface area contributed by atoms with E-state index in [9.17, 15) is 8.42 Å². The van der Waals surface area contributed by atoms with Gasteiger partial charge in [0.15, 0.2) is 0 Å². The zero-order chi connectivity index (χ0) is 16.0. The van der Waals surface area contributed by atoms with E-state index in [0.29, 0.717) is 5.69 Å². The van der Waals surface area contributed by atoms with Crippen LogP contribution in [-0.4, -0.2) is 32.3 Å². The molecule has 0 amide bonds. The third kappa shape index (κ3) is 4.93. The summed E-state index contributed by atoms with van der Waals surface area (Å²) >= 11 is 0. The number of nitrogens with one attached hydrogen (secondary N) is 2. The van der Waals surface area contributed by atoms with Crippen LogP contribution in [0, 0.1) is 0 Å². The second-order valence-electron chi connectivity index (χ2n) is 5.86. The molecule has 0 aromatic carbocycles. The Bertz CT molecular complexity index is 569. The Morgan fingerprint density at radius 2 is 2.05 bits per heavy atom. The van der Waals surface area contributed by atoms with E-state index in [1.807, 2.05) is 13.8 Å². The Morgan fingerprint density at radius 3 is 2.73 bits per heavy atom. The second-order valence-corrected chi connectivity index (χ2v) is 7.55. The van der Waals surface area contributed by atoms with Crippen molar-refractivity contribution in [2.75, 3.05) is 12.0 Å². The maximum Gasteiger partial charge on any atom is 0.244 e. The number of hydrogen-bond acceptors (Lipinski definition) is 5. The predicted molar refractivity (Wildman–Crippen MR) is 86.1 cm³/mol. The molecule has 0 spiro atoms. The Hall–Kier alpha value is -1.18. The average molecular weight is 327 g/mol. The van der Waals surface area contributed by atoms with Gasteiger partial charge in [-0.1, -0.05) is 19.3 Å². The molecule has 124 valence electrons. The summed E-state index contributed by atoms with van der Waals surface area (Å²) in [6, 6.07) is 1.68. The van der Waals surface area contributed by atoms with Gasteiger partial charge in [-0.25, -0.2) is 13.1 Å². The van der Waals surface area contributed by atoms with E-state index in [0.717, 1.165) is 25.7 Å². The maximum atomic E-state index is 12.6. The standard InChI is InChI=1S/C15H25N3O3S/c1-12(2)21-11-17-14-8-9-16-10-15(14)22(19,20)18-13-6-4-3-5-7-13/h8-10,12-13,18H,3-7,11H2,1-2H3,(H,16,17). The van der Waals surface area contributed by atoms with Crippen LogP contribution in [0.25, 0.3) is 0 Å². The molecule has 0 aliphatic heterocycles. The van der Waals surface area contributed by atoms with Gasteiger partial charge in [-0.3, -0.25) is 4.98 Å². The van der Waals surface area contributed by atoms with Crippen molar-refractivity contribution >= 4 is 15.7 Å². The van der Waals surface area contributed by atoms with E-state index in [2.05, 4.69) is 15.0 Å². The summed E-state index contributed by atoms with van der Waals surface area (Å²) in [7, 11) is -3.57. The van der Waals surface area contributed by atoms with Gasteiger partial charge in [0.2, 0.25) is 10.0 Å². The normalized spacial score (nSPS) is 16.9. The number of anilines is 1. The lowest BCUT2D eigenvalue weighted by molar-refractivity contribution is 0.0938. The van der Waals surface area contributed by atoms with Crippen molar-refractivity contribution in [1.82, 2.24) is 9.71 Å². The zero-order valence-electron chi connectivity index (χ0n) is 13.2. The van der Waals surface area contributed by atoms with E-state index in [4.69, 9.17) is 4.74 Å². The molecule has 1 aromatic rings. The molecule has 1 aromatic heterocycles. The zero-order valence-corrected chi connectivity index (χ0v) is 14.0. The summed E-state index contributed by atoms with van der Waals surface area (Å²) in [5, 5.41) is 3.01. The van der Waals surface area contributed by atoms with E-state index in [-0.39, 0.29) is 23.8 Å². The molecule has 0 atom stereocenters. The lowest BCUT2D eigenvalue weighted by Gasteiger charge is -2.23. The lowest BCUT2D eigenvalue weighted by atomic mass is 9.96. The number of sulfonamides is 1. The van der Waals surface area contributed by atoms with Crippen LogP contribution in [0.2, 0.25) is 0 Å². The number of ether oxygens (including phenoxy) is 1. The largest absolute Gasteiger partial charge is 0.361 e.